The van der Waals surface area contributed by atoms with E-state index in [1.807, 2.05) is 48.5 Å². The van der Waals surface area contributed by atoms with Crippen LogP contribution in [0, 0.1) is 0 Å². The van der Waals surface area contributed by atoms with Gasteiger partial charge in [0.05, 0.1) is 18.9 Å². The number of aromatic nitrogens is 2. The lowest BCUT2D eigenvalue weighted by atomic mass is 10.2. The monoisotopic (exact) mass is 341 g/mol. The normalized spacial score (nSPS) is 10.4. The number of hydrogen-bond acceptors (Lipinski definition) is 3. The Kier molecular flexibility index (Phi) is 5.13. The number of benzene rings is 2. The Morgan fingerprint density at radius 2 is 1.88 bits per heavy atom. The van der Waals surface area contributed by atoms with Crippen molar-refractivity contribution in [2.45, 2.75) is 13.1 Å². The molecule has 0 radical (unpaired) electrons. The van der Waals surface area contributed by atoms with Crippen LogP contribution in [0.25, 0.3) is 0 Å². The van der Waals surface area contributed by atoms with Gasteiger partial charge in [0.25, 0.3) is 0 Å². The quantitative estimate of drug-likeness (QED) is 0.766. The van der Waals surface area contributed by atoms with E-state index >= 15 is 0 Å². The summed E-state index contributed by atoms with van der Waals surface area (Å²) in [4.78, 5) is 11.9. The molecule has 0 spiro atoms. The van der Waals surface area contributed by atoms with Crippen LogP contribution >= 0.6 is 11.6 Å². The number of nitrogens with one attached hydrogen (secondary N) is 1. The number of carbonyl (C=O) groups excluding carboxylic acids is 1. The summed E-state index contributed by atoms with van der Waals surface area (Å²) in [6.07, 6.45) is 2.65. The van der Waals surface area contributed by atoms with E-state index in [2.05, 4.69) is 10.4 Å². The maximum Gasteiger partial charge on any atom is 0.412 e. The summed E-state index contributed by atoms with van der Waals surface area (Å²) in [5, 5.41) is 7.46. The SMILES string of the molecule is O=C(NCc1ccccc1Cl)Oc1cnn(Cc2ccccc2)c1. The molecule has 3 rings (SSSR count). The molecular weight excluding hydrogens is 326 g/mol. The maximum absolute atomic E-state index is 11.9. The zero-order chi connectivity index (χ0) is 16.8. The van der Waals surface area contributed by atoms with Gasteiger partial charge in [0.15, 0.2) is 5.75 Å². The van der Waals surface area contributed by atoms with E-state index in [0.29, 0.717) is 23.9 Å². The molecule has 0 aliphatic carbocycles. The molecule has 3 aromatic rings. The Labute approximate surface area is 144 Å². The van der Waals surface area contributed by atoms with Crippen molar-refractivity contribution < 1.29 is 9.53 Å². The Morgan fingerprint density at radius 1 is 1.12 bits per heavy atom. The van der Waals surface area contributed by atoms with E-state index in [9.17, 15) is 4.79 Å². The third kappa shape index (κ3) is 4.36. The van der Waals surface area contributed by atoms with Crippen molar-refractivity contribution in [2.24, 2.45) is 0 Å². The molecular formula is C18H16ClN3O2. The van der Waals surface area contributed by atoms with E-state index in [1.54, 1.807) is 16.9 Å². The van der Waals surface area contributed by atoms with Crippen LogP contribution < -0.4 is 10.1 Å². The van der Waals surface area contributed by atoms with Crippen molar-refractivity contribution in [1.29, 1.82) is 0 Å². The fraction of sp³-hybridized carbons (Fsp3) is 0.111. The molecule has 1 amide bonds. The van der Waals surface area contributed by atoms with Crippen LogP contribution in [0.1, 0.15) is 11.1 Å². The molecule has 0 saturated carbocycles. The van der Waals surface area contributed by atoms with Gasteiger partial charge in [-0.3, -0.25) is 4.68 Å². The lowest BCUT2D eigenvalue weighted by molar-refractivity contribution is 0.200. The minimum atomic E-state index is -0.547. The summed E-state index contributed by atoms with van der Waals surface area (Å²) >= 11 is 6.04. The van der Waals surface area contributed by atoms with Gasteiger partial charge in [0, 0.05) is 11.6 Å². The first-order valence-corrected chi connectivity index (χ1v) is 7.84. The Bertz CT molecular complexity index is 818. The second-order valence-corrected chi connectivity index (χ2v) is 5.60. The van der Waals surface area contributed by atoms with Gasteiger partial charge in [0.2, 0.25) is 0 Å². The number of halogens is 1. The second kappa shape index (κ2) is 7.66. The maximum atomic E-state index is 11.9. The van der Waals surface area contributed by atoms with E-state index in [0.717, 1.165) is 11.1 Å². The van der Waals surface area contributed by atoms with Gasteiger partial charge in [-0.25, -0.2) is 4.79 Å². The average molecular weight is 342 g/mol. The van der Waals surface area contributed by atoms with Gasteiger partial charge in [-0.1, -0.05) is 60.1 Å². The molecule has 1 heterocycles. The summed E-state index contributed by atoms with van der Waals surface area (Å²) in [7, 11) is 0. The van der Waals surface area contributed by atoms with Crippen LogP contribution in [-0.2, 0) is 13.1 Å². The standard InChI is InChI=1S/C18H16ClN3O2/c19-17-9-5-4-8-15(17)10-20-18(23)24-16-11-21-22(13-16)12-14-6-2-1-3-7-14/h1-9,11,13H,10,12H2,(H,20,23). The van der Waals surface area contributed by atoms with Gasteiger partial charge in [-0.15, -0.1) is 0 Å². The lowest BCUT2D eigenvalue weighted by Crippen LogP contribution is -2.26. The second-order valence-electron chi connectivity index (χ2n) is 5.19. The number of hydrogen-bond donors (Lipinski definition) is 1. The van der Waals surface area contributed by atoms with Gasteiger partial charge < -0.3 is 10.1 Å². The molecule has 24 heavy (non-hydrogen) atoms. The average Bonchev–Trinajstić information content (AvgIpc) is 3.02. The number of amides is 1. The van der Waals surface area contributed by atoms with Crippen LogP contribution in [0.15, 0.2) is 67.0 Å². The first-order valence-electron chi connectivity index (χ1n) is 7.46. The summed E-state index contributed by atoms with van der Waals surface area (Å²) < 4.78 is 6.93. The summed E-state index contributed by atoms with van der Waals surface area (Å²) in [5.41, 5.74) is 1.95. The zero-order valence-electron chi connectivity index (χ0n) is 12.9. The molecule has 6 heteroatoms. The third-order valence-corrected chi connectivity index (χ3v) is 3.76. The van der Waals surface area contributed by atoms with E-state index in [4.69, 9.17) is 16.3 Å². The predicted octanol–water partition coefficient (Wildman–Crippen LogP) is 3.87. The van der Waals surface area contributed by atoms with Crippen LogP contribution in [0.4, 0.5) is 4.79 Å². The molecule has 0 bridgehead atoms. The molecule has 1 aromatic heterocycles. The van der Waals surface area contributed by atoms with Crippen molar-refractivity contribution in [1.82, 2.24) is 15.1 Å². The first-order chi connectivity index (χ1) is 11.7. The zero-order valence-corrected chi connectivity index (χ0v) is 13.6. The summed E-state index contributed by atoms with van der Waals surface area (Å²) in [6, 6.07) is 17.3. The molecule has 5 nitrogen and oxygen atoms in total. The van der Waals surface area contributed by atoms with E-state index in [1.165, 1.54) is 6.20 Å². The predicted molar refractivity (Wildman–Crippen MR) is 92.1 cm³/mol. The smallest absolute Gasteiger partial charge is 0.407 e. The molecule has 2 aromatic carbocycles. The third-order valence-electron chi connectivity index (χ3n) is 3.39. The molecule has 0 saturated heterocycles. The minimum Gasteiger partial charge on any atom is -0.407 e. The highest BCUT2D eigenvalue weighted by Crippen LogP contribution is 2.15. The molecule has 0 fully saturated rings. The number of ether oxygens (including phenoxy) is 1. The van der Waals surface area contributed by atoms with Crippen molar-refractivity contribution >= 4 is 17.7 Å². The Hall–Kier alpha value is -2.79. The van der Waals surface area contributed by atoms with Crippen molar-refractivity contribution in [2.75, 3.05) is 0 Å². The van der Waals surface area contributed by atoms with Crippen molar-refractivity contribution in [3.8, 4) is 5.75 Å². The largest absolute Gasteiger partial charge is 0.412 e. The summed E-state index contributed by atoms with van der Waals surface area (Å²) in [5.74, 6) is 0.391. The number of rotatable bonds is 5. The highest BCUT2D eigenvalue weighted by atomic mass is 35.5. The summed E-state index contributed by atoms with van der Waals surface area (Å²) in [6.45, 7) is 0.919. The molecule has 122 valence electrons. The van der Waals surface area contributed by atoms with E-state index in [-0.39, 0.29) is 0 Å². The molecule has 0 aliphatic rings. The van der Waals surface area contributed by atoms with E-state index < -0.39 is 6.09 Å². The fourth-order valence-electron chi connectivity index (χ4n) is 2.21. The topological polar surface area (TPSA) is 56.1 Å². The number of carbonyl (C=O) groups is 1. The van der Waals surface area contributed by atoms with Crippen LogP contribution in [-0.4, -0.2) is 15.9 Å². The minimum absolute atomic E-state index is 0.302. The van der Waals surface area contributed by atoms with Crippen LogP contribution in [0.3, 0.4) is 0 Å². The number of nitrogens with zero attached hydrogens (tertiary/aromatic N) is 2. The van der Waals surface area contributed by atoms with Gasteiger partial charge in [-0.2, -0.15) is 5.10 Å². The van der Waals surface area contributed by atoms with Gasteiger partial charge in [0.1, 0.15) is 0 Å². The Balaban J connectivity index is 1.53. The highest BCUT2D eigenvalue weighted by molar-refractivity contribution is 6.31. The molecule has 0 atom stereocenters. The van der Waals surface area contributed by atoms with Gasteiger partial charge >= 0.3 is 6.09 Å². The van der Waals surface area contributed by atoms with Crippen molar-refractivity contribution in [3.05, 3.63) is 83.1 Å². The first kappa shape index (κ1) is 16.1. The van der Waals surface area contributed by atoms with Crippen LogP contribution in [0.2, 0.25) is 5.02 Å². The molecule has 1 N–H and O–H groups in total. The molecule has 0 aliphatic heterocycles. The highest BCUT2D eigenvalue weighted by Gasteiger charge is 2.08. The van der Waals surface area contributed by atoms with Crippen LogP contribution in [0.5, 0.6) is 5.75 Å². The van der Waals surface area contributed by atoms with Crippen molar-refractivity contribution in [3.63, 3.8) is 0 Å². The lowest BCUT2D eigenvalue weighted by Gasteiger charge is -2.06. The fourth-order valence-corrected chi connectivity index (χ4v) is 2.41. The van der Waals surface area contributed by atoms with Gasteiger partial charge in [-0.05, 0) is 17.2 Å². The Morgan fingerprint density at radius 3 is 2.67 bits per heavy atom. The molecule has 0 unspecified atom stereocenters.